The van der Waals surface area contributed by atoms with Gasteiger partial charge in [0.25, 0.3) is 0 Å². The second-order valence-electron chi connectivity index (χ2n) is 7.30. The maximum Gasteiger partial charge on any atom is 0.0815 e. The zero-order chi connectivity index (χ0) is 17.7. The molecule has 0 saturated carbocycles. The lowest BCUT2D eigenvalue weighted by Gasteiger charge is -2.34. The van der Waals surface area contributed by atoms with Gasteiger partial charge in [-0.05, 0) is 42.5 Å². The van der Waals surface area contributed by atoms with Crippen molar-refractivity contribution in [3.05, 3.63) is 70.8 Å². The van der Waals surface area contributed by atoms with Gasteiger partial charge >= 0.3 is 0 Å². The molecule has 0 aromatic heterocycles. The van der Waals surface area contributed by atoms with E-state index in [9.17, 15) is 5.11 Å². The summed E-state index contributed by atoms with van der Waals surface area (Å²) in [4.78, 5) is 0. The zero-order valence-corrected chi connectivity index (χ0v) is 15.3. The van der Waals surface area contributed by atoms with Crippen LogP contribution in [0.1, 0.15) is 41.1 Å². The summed E-state index contributed by atoms with van der Waals surface area (Å²) in [5.74, 6) is 0. The summed E-state index contributed by atoms with van der Waals surface area (Å²) in [6.45, 7) is 6.19. The number of benzene rings is 2. The lowest BCUT2D eigenvalue weighted by atomic mass is 9.92. The van der Waals surface area contributed by atoms with Gasteiger partial charge in [-0.15, -0.1) is 0 Å². The minimum Gasteiger partial charge on any atom is -0.388 e. The van der Waals surface area contributed by atoms with E-state index in [0.717, 1.165) is 6.42 Å². The molecule has 25 heavy (non-hydrogen) atoms. The Labute approximate surface area is 151 Å². The van der Waals surface area contributed by atoms with Crippen LogP contribution in [-0.4, -0.2) is 30.5 Å². The average molecular weight is 339 g/mol. The van der Waals surface area contributed by atoms with Crippen LogP contribution < -0.4 is 5.32 Å². The first-order valence-electron chi connectivity index (χ1n) is 9.20. The molecule has 1 heterocycles. The SMILES string of the molecule is Cc1ccc(C(Cc2ccccc2)NCC2(O)CCOCC2)cc1C. The highest BCUT2D eigenvalue weighted by molar-refractivity contribution is 5.33. The van der Waals surface area contributed by atoms with Gasteiger partial charge in [0.2, 0.25) is 0 Å². The number of nitrogens with one attached hydrogen (secondary N) is 1. The first-order valence-corrected chi connectivity index (χ1v) is 9.20. The number of aryl methyl sites for hydroxylation is 2. The maximum absolute atomic E-state index is 10.8. The standard InChI is InChI=1S/C22H29NO2/c1-17-8-9-20(14-18(17)2)21(15-19-6-4-3-5-7-19)23-16-22(24)10-12-25-13-11-22/h3-9,14,21,23-24H,10-13,15-16H2,1-2H3. The fourth-order valence-electron chi connectivity index (χ4n) is 3.38. The largest absolute Gasteiger partial charge is 0.388 e. The topological polar surface area (TPSA) is 41.5 Å². The predicted octanol–water partition coefficient (Wildman–Crippen LogP) is 3.72. The first-order chi connectivity index (χ1) is 12.1. The van der Waals surface area contributed by atoms with E-state index in [4.69, 9.17) is 4.74 Å². The quantitative estimate of drug-likeness (QED) is 0.843. The van der Waals surface area contributed by atoms with Gasteiger partial charge in [-0.25, -0.2) is 0 Å². The Morgan fingerprint density at radius 2 is 1.76 bits per heavy atom. The molecule has 1 unspecified atom stereocenters. The van der Waals surface area contributed by atoms with Gasteiger partial charge in [-0.3, -0.25) is 0 Å². The molecule has 0 amide bonds. The second-order valence-corrected chi connectivity index (χ2v) is 7.30. The van der Waals surface area contributed by atoms with Crippen LogP contribution in [0.5, 0.6) is 0 Å². The Bertz CT molecular complexity index is 678. The smallest absolute Gasteiger partial charge is 0.0815 e. The Hall–Kier alpha value is -1.68. The number of aliphatic hydroxyl groups is 1. The summed E-state index contributed by atoms with van der Waals surface area (Å²) in [6.07, 6.45) is 2.31. The minimum atomic E-state index is -0.660. The Morgan fingerprint density at radius 1 is 1.04 bits per heavy atom. The van der Waals surface area contributed by atoms with Crippen molar-refractivity contribution in [2.45, 2.75) is 44.8 Å². The van der Waals surface area contributed by atoms with Gasteiger partial charge in [-0.1, -0.05) is 48.5 Å². The van der Waals surface area contributed by atoms with Gasteiger partial charge in [0, 0.05) is 38.6 Å². The molecule has 1 aliphatic heterocycles. The van der Waals surface area contributed by atoms with E-state index in [1.165, 1.54) is 22.3 Å². The molecule has 2 aromatic carbocycles. The summed E-state index contributed by atoms with van der Waals surface area (Å²) < 4.78 is 5.39. The number of hydrogen-bond donors (Lipinski definition) is 2. The lowest BCUT2D eigenvalue weighted by Crippen LogP contribution is -2.46. The Morgan fingerprint density at radius 3 is 2.44 bits per heavy atom. The van der Waals surface area contributed by atoms with Crippen molar-refractivity contribution in [2.75, 3.05) is 19.8 Å². The van der Waals surface area contributed by atoms with Crippen molar-refractivity contribution < 1.29 is 9.84 Å². The average Bonchev–Trinajstić information content (AvgIpc) is 2.62. The maximum atomic E-state index is 10.8. The summed E-state index contributed by atoms with van der Waals surface area (Å²) in [5.41, 5.74) is 4.54. The van der Waals surface area contributed by atoms with E-state index in [-0.39, 0.29) is 6.04 Å². The normalized spacial score (nSPS) is 18.0. The van der Waals surface area contributed by atoms with Gasteiger partial charge < -0.3 is 15.2 Å². The summed E-state index contributed by atoms with van der Waals surface area (Å²) >= 11 is 0. The van der Waals surface area contributed by atoms with Crippen LogP contribution in [0.15, 0.2) is 48.5 Å². The van der Waals surface area contributed by atoms with E-state index in [2.05, 4.69) is 61.6 Å². The van der Waals surface area contributed by atoms with Gasteiger partial charge in [0.05, 0.1) is 5.60 Å². The van der Waals surface area contributed by atoms with E-state index in [1.807, 2.05) is 6.07 Å². The van der Waals surface area contributed by atoms with Crippen molar-refractivity contribution in [3.8, 4) is 0 Å². The number of ether oxygens (including phenoxy) is 1. The molecule has 3 heteroatoms. The first kappa shape index (κ1) is 18.1. The van der Waals surface area contributed by atoms with E-state index in [0.29, 0.717) is 32.6 Å². The van der Waals surface area contributed by atoms with Crippen LogP contribution in [0.25, 0.3) is 0 Å². The summed E-state index contributed by atoms with van der Waals surface area (Å²) in [7, 11) is 0. The molecule has 0 spiro atoms. The number of rotatable bonds is 6. The van der Waals surface area contributed by atoms with E-state index in [1.54, 1.807) is 0 Å². The van der Waals surface area contributed by atoms with Crippen molar-refractivity contribution in [1.29, 1.82) is 0 Å². The third-order valence-electron chi connectivity index (χ3n) is 5.32. The molecule has 2 aromatic rings. The van der Waals surface area contributed by atoms with Crippen molar-refractivity contribution in [3.63, 3.8) is 0 Å². The number of hydrogen-bond acceptors (Lipinski definition) is 3. The van der Waals surface area contributed by atoms with Crippen LogP contribution >= 0.6 is 0 Å². The van der Waals surface area contributed by atoms with Gasteiger partial charge in [-0.2, -0.15) is 0 Å². The molecule has 0 bridgehead atoms. The van der Waals surface area contributed by atoms with Gasteiger partial charge in [0.15, 0.2) is 0 Å². The highest BCUT2D eigenvalue weighted by atomic mass is 16.5. The highest BCUT2D eigenvalue weighted by Gasteiger charge is 2.30. The Balaban J connectivity index is 1.77. The van der Waals surface area contributed by atoms with E-state index >= 15 is 0 Å². The molecular weight excluding hydrogens is 310 g/mol. The second kappa shape index (κ2) is 8.13. The van der Waals surface area contributed by atoms with Crippen LogP contribution in [0.3, 0.4) is 0 Å². The van der Waals surface area contributed by atoms with Gasteiger partial charge in [0.1, 0.15) is 0 Å². The van der Waals surface area contributed by atoms with Crippen molar-refractivity contribution in [2.24, 2.45) is 0 Å². The predicted molar refractivity (Wildman–Crippen MR) is 102 cm³/mol. The summed E-state index contributed by atoms with van der Waals surface area (Å²) in [6, 6.07) is 17.4. The van der Waals surface area contributed by atoms with E-state index < -0.39 is 5.60 Å². The molecule has 1 fully saturated rings. The molecule has 1 aliphatic rings. The molecule has 134 valence electrons. The molecule has 2 N–H and O–H groups in total. The zero-order valence-electron chi connectivity index (χ0n) is 15.3. The van der Waals surface area contributed by atoms with Crippen molar-refractivity contribution >= 4 is 0 Å². The molecular formula is C22H29NO2. The molecule has 0 radical (unpaired) electrons. The molecule has 0 aliphatic carbocycles. The summed E-state index contributed by atoms with van der Waals surface area (Å²) in [5, 5.41) is 14.4. The third kappa shape index (κ3) is 4.91. The monoisotopic (exact) mass is 339 g/mol. The van der Waals surface area contributed by atoms with Crippen LogP contribution in [0.4, 0.5) is 0 Å². The fraction of sp³-hybridized carbons (Fsp3) is 0.455. The van der Waals surface area contributed by atoms with Crippen LogP contribution in [-0.2, 0) is 11.2 Å². The fourth-order valence-corrected chi connectivity index (χ4v) is 3.38. The minimum absolute atomic E-state index is 0.188. The third-order valence-corrected chi connectivity index (χ3v) is 5.32. The lowest BCUT2D eigenvalue weighted by molar-refractivity contribution is -0.0628. The Kier molecular flexibility index (Phi) is 5.89. The highest BCUT2D eigenvalue weighted by Crippen LogP contribution is 2.24. The molecule has 1 atom stereocenters. The molecule has 3 nitrogen and oxygen atoms in total. The van der Waals surface area contributed by atoms with Crippen LogP contribution in [0, 0.1) is 13.8 Å². The van der Waals surface area contributed by atoms with Crippen LogP contribution in [0.2, 0.25) is 0 Å². The molecule has 3 rings (SSSR count). The molecule has 1 saturated heterocycles. The van der Waals surface area contributed by atoms with Crippen molar-refractivity contribution in [1.82, 2.24) is 5.32 Å².